The molecule has 0 spiro atoms. The number of nitrogens with zero attached hydrogens (tertiary/aromatic N) is 1. The molecule has 1 saturated heterocycles. The predicted molar refractivity (Wildman–Crippen MR) is 67.9 cm³/mol. The van der Waals surface area contributed by atoms with E-state index in [9.17, 15) is 9.18 Å². The van der Waals surface area contributed by atoms with Crippen molar-refractivity contribution in [2.75, 3.05) is 11.4 Å². The molecule has 1 aromatic carbocycles. The Hall–Kier alpha value is -1.42. The molecule has 1 aliphatic heterocycles. The maximum atomic E-state index is 13.0. The number of carbonyl (C=O) groups excluding carboxylic acids is 1. The van der Waals surface area contributed by atoms with Crippen LogP contribution < -0.4 is 10.2 Å². The molecular weight excluding hydrogens is 231 g/mol. The summed E-state index contributed by atoms with van der Waals surface area (Å²) < 4.78 is 13.0. The summed E-state index contributed by atoms with van der Waals surface area (Å²) in [5, 5.41) is 3.24. The number of carbonyl (C=O) groups is 1. The Bertz CT molecular complexity index is 436. The molecule has 3 rings (SSSR count). The van der Waals surface area contributed by atoms with Gasteiger partial charge in [-0.2, -0.15) is 0 Å². The van der Waals surface area contributed by atoms with E-state index in [0.29, 0.717) is 6.04 Å². The van der Waals surface area contributed by atoms with Crippen molar-refractivity contribution >= 4 is 11.6 Å². The van der Waals surface area contributed by atoms with E-state index in [4.69, 9.17) is 0 Å². The molecule has 4 heteroatoms. The third-order valence-electron chi connectivity index (χ3n) is 3.61. The average molecular weight is 248 g/mol. The highest BCUT2D eigenvalue weighted by Gasteiger charge is 2.37. The van der Waals surface area contributed by atoms with Crippen LogP contribution in [0.3, 0.4) is 0 Å². The zero-order valence-corrected chi connectivity index (χ0v) is 10.2. The van der Waals surface area contributed by atoms with Gasteiger partial charge in [0.15, 0.2) is 0 Å². The van der Waals surface area contributed by atoms with Crippen LogP contribution in [0.4, 0.5) is 10.1 Å². The Balaban J connectivity index is 1.83. The highest BCUT2D eigenvalue weighted by atomic mass is 19.1. The van der Waals surface area contributed by atoms with Gasteiger partial charge in [0.2, 0.25) is 5.91 Å². The Morgan fingerprint density at radius 3 is 2.50 bits per heavy atom. The van der Waals surface area contributed by atoms with E-state index < -0.39 is 0 Å². The van der Waals surface area contributed by atoms with Gasteiger partial charge in [0.25, 0.3) is 0 Å². The Morgan fingerprint density at radius 2 is 1.94 bits per heavy atom. The van der Waals surface area contributed by atoms with Gasteiger partial charge in [0.05, 0.1) is 6.04 Å². The lowest BCUT2D eigenvalue weighted by molar-refractivity contribution is -0.120. The first kappa shape index (κ1) is 11.7. The van der Waals surface area contributed by atoms with E-state index in [-0.39, 0.29) is 17.8 Å². The molecule has 1 saturated carbocycles. The molecule has 0 bridgehead atoms. The monoisotopic (exact) mass is 248 g/mol. The van der Waals surface area contributed by atoms with Gasteiger partial charge >= 0.3 is 0 Å². The molecule has 1 N–H and O–H groups in total. The lowest BCUT2D eigenvalue weighted by Crippen LogP contribution is -2.45. The molecule has 1 heterocycles. The maximum absolute atomic E-state index is 13.0. The van der Waals surface area contributed by atoms with Gasteiger partial charge in [0.1, 0.15) is 5.82 Å². The molecule has 1 unspecified atom stereocenters. The molecule has 2 fully saturated rings. The molecule has 0 radical (unpaired) electrons. The molecule has 1 aliphatic carbocycles. The van der Waals surface area contributed by atoms with Gasteiger partial charge in [0, 0.05) is 11.7 Å². The number of anilines is 1. The smallest absolute Gasteiger partial charge is 0.244 e. The topological polar surface area (TPSA) is 32.3 Å². The fraction of sp³-hybridized carbons (Fsp3) is 0.500. The summed E-state index contributed by atoms with van der Waals surface area (Å²) in [6.45, 7) is 0.915. The van der Waals surface area contributed by atoms with Crippen LogP contribution in [0.2, 0.25) is 0 Å². The van der Waals surface area contributed by atoms with Crippen LogP contribution in [-0.4, -0.2) is 24.5 Å². The van der Waals surface area contributed by atoms with Crippen LogP contribution in [0.5, 0.6) is 0 Å². The van der Waals surface area contributed by atoms with Gasteiger partial charge in [-0.3, -0.25) is 4.79 Å². The Morgan fingerprint density at radius 1 is 1.22 bits per heavy atom. The Labute approximate surface area is 106 Å². The van der Waals surface area contributed by atoms with Crippen molar-refractivity contribution in [3.8, 4) is 0 Å². The fourth-order valence-electron chi connectivity index (χ4n) is 2.52. The average Bonchev–Trinajstić information content (AvgIpc) is 3.05. The van der Waals surface area contributed by atoms with Crippen molar-refractivity contribution in [3.63, 3.8) is 0 Å². The van der Waals surface area contributed by atoms with E-state index in [1.807, 2.05) is 4.90 Å². The Kier molecular flexibility index (Phi) is 3.04. The van der Waals surface area contributed by atoms with Crippen LogP contribution in [-0.2, 0) is 4.79 Å². The first-order valence-electron chi connectivity index (χ1n) is 6.58. The van der Waals surface area contributed by atoms with Crippen molar-refractivity contribution in [2.24, 2.45) is 0 Å². The van der Waals surface area contributed by atoms with E-state index in [1.54, 1.807) is 12.1 Å². The second-order valence-corrected chi connectivity index (χ2v) is 5.06. The maximum Gasteiger partial charge on any atom is 0.244 e. The number of nitrogens with one attached hydrogen (secondary N) is 1. The van der Waals surface area contributed by atoms with E-state index in [2.05, 4.69) is 5.32 Å². The number of benzene rings is 1. The SMILES string of the molecule is O=C(C1CCCN1)N(c1ccc(F)cc1)C1CC1. The summed E-state index contributed by atoms with van der Waals surface area (Å²) in [6, 6.07) is 6.47. The number of rotatable bonds is 3. The van der Waals surface area contributed by atoms with Crippen LogP contribution >= 0.6 is 0 Å². The lowest BCUT2D eigenvalue weighted by atomic mass is 10.1. The van der Waals surface area contributed by atoms with Gasteiger partial charge in [-0.05, 0) is 56.5 Å². The molecule has 1 atom stereocenters. The summed E-state index contributed by atoms with van der Waals surface area (Å²) in [5.74, 6) is -0.123. The van der Waals surface area contributed by atoms with Crippen LogP contribution in [0, 0.1) is 5.82 Å². The number of hydrogen-bond acceptors (Lipinski definition) is 2. The quantitative estimate of drug-likeness (QED) is 0.888. The second-order valence-electron chi connectivity index (χ2n) is 5.06. The standard InChI is InChI=1S/C14H17FN2O/c15-10-3-5-11(6-4-10)17(12-7-8-12)14(18)13-2-1-9-16-13/h3-6,12-13,16H,1-2,7-9H2. The van der Waals surface area contributed by atoms with E-state index in [1.165, 1.54) is 12.1 Å². The molecule has 1 aromatic rings. The number of amides is 1. The van der Waals surface area contributed by atoms with Crippen LogP contribution in [0.25, 0.3) is 0 Å². The normalized spacial score (nSPS) is 23.1. The van der Waals surface area contributed by atoms with Crippen molar-refractivity contribution in [1.29, 1.82) is 0 Å². The fourth-order valence-corrected chi connectivity index (χ4v) is 2.52. The third kappa shape index (κ3) is 2.25. The molecule has 1 amide bonds. The van der Waals surface area contributed by atoms with Gasteiger partial charge in [-0.25, -0.2) is 4.39 Å². The predicted octanol–water partition coefficient (Wildman–Crippen LogP) is 2.07. The summed E-state index contributed by atoms with van der Waals surface area (Å²) in [6.07, 6.45) is 4.06. The van der Waals surface area contributed by atoms with Gasteiger partial charge in [-0.15, -0.1) is 0 Å². The largest absolute Gasteiger partial charge is 0.308 e. The minimum atomic E-state index is -0.263. The molecular formula is C14H17FN2O. The van der Waals surface area contributed by atoms with Crippen LogP contribution in [0.15, 0.2) is 24.3 Å². The molecule has 18 heavy (non-hydrogen) atoms. The summed E-state index contributed by atoms with van der Waals surface area (Å²) in [4.78, 5) is 14.3. The van der Waals surface area contributed by atoms with Gasteiger partial charge < -0.3 is 10.2 Å². The summed E-state index contributed by atoms with van der Waals surface area (Å²) in [7, 11) is 0. The zero-order valence-electron chi connectivity index (χ0n) is 10.2. The summed E-state index contributed by atoms with van der Waals surface area (Å²) >= 11 is 0. The van der Waals surface area contributed by atoms with E-state index >= 15 is 0 Å². The zero-order chi connectivity index (χ0) is 12.5. The van der Waals surface area contributed by atoms with Crippen molar-refractivity contribution in [1.82, 2.24) is 5.32 Å². The number of hydrogen-bond donors (Lipinski definition) is 1. The van der Waals surface area contributed by atoms with Crippen molar-refractivity contribution in [3.05, 3.63) is 30.1 Å². The highest BCUT2D eigenvalue weighted by molar-refractivity contribution is 5.98. The van der Waals surface area contributed by atoms with Crippen molar-refractivity contribution < 1.29 is 9.18 Å². The third-order valence-corrected chi connectivity index (χ3v) is 3.61. The molecule has 3 nitrogen and oxygen atoms in total. The number of halogens is 1. The molecule has 2 aliphatic rings. The van der Waals surface area contributed by atoms with Crippen molar-refractivity contribution in [2.45, 2.75) is 37.8 Å². The van der Waals surface area contributed by atoms with E-state index in [0.717, 1.165) is 37.9 Å². The minimum Gasteiger partial charge on any atom is -0.308 e. The van der Waals surface area contributed by atoms with Gasteiger partial charge in [-0.1, -0.05) is 0 Å². The lowest BCUT2D eigenvalue weighted by Gasteiger charge is -2.25. The second kappa shape index (κ2) is 4.69. The van der Waals surface area contributed by atoms with Crippen LogP contribution in [0.1, 0.15) is 25.7 Å². The minimum absolute atomic E-state index is 0.0596. The first-order chi connectivity index (χ1) is 8.75. The molecule has 96 valence electrons. The molecule has 0 aromatic heterocycles. The highest BCUT2D eigenvalue weighted by Crippen LogP contribution is 2.33. The summed E-state index contributed by atoms with van der Waals surface area (Å²) in [5.41, 5.74) is 0.817. The first-order valence-corrected chi connectivity index (χ1v) is 6.58.